The van der Waals surface area contributed by atoms with Gasteiger partial charge in [-0.2, -0.15) is 0 Å². The van der Waals surface area contributed by atoms with Gasteiger partial charge in [0.25, 0.3) is 0 Å². The summed E-state index contributed by atoms with van der Waals surface area (Å²) in [4.78, 5) is 13.8. The molecule has 0 amide bonds. The molecule has 1 atom stereocenters. The lowest BCUT2D eigenvalue weighted by molar-refractivity contribution is -0.131. The van der Waals surface area contributed by atoms with Crippen molar-refractivity contribution in [2.45, 2.75) is 39.2 Å². The van der Waals surface area contributed by atoms with Gasteiger partial charge in [-0.1, -0.05) is 18.0 Å². The molecule has 5 nitrogen and oxygen atoms in total. The minimum atomic E-state index is -0.598. The van der Waals surface area contributed by atoms with Crippen molar-refractivity contribution in [3.05, 3.63) is 58.7 Å². The number of carbonyl (C=O) groups is 1. The molecule has 3 aromatic rings. The Morgan fingerprint density at radius 1 is 1.13 bits per heavy atom. The van der Waals surface area contributed by atoms with Gasteiger partial charge in [-0.25, -0.2) is 0 Å². The van der Waals surface area contributed by atoms with Crippen molar-refractivity contribution in [2.24, 2.45) is 0 Å². The van der Waals surface area contributed by atoms with Crippen molar-refractivity contribution >= 4 is 28.5 Å². The van der Waals surface area contributed by atoms with E-state index in [1.54, 1.807) is 6.07 Å². The van der Waals surface area contributed by atoms with Crippen molar-refractivity contribution in [3.8, 4) is 11.4 Å². The maximum atomic E-state index is 11.5. The second kappa shape index (κ2) is 8.80. The zero-order chi connectivity index (χ0) is 21.3. The summed E-state index contributed by atoms with van der Waals surface area (Å²) in [6.07, 6.45) is 3.03. The molecule has 0 aliphatic carbocycles. The molecule has 1 aliphatic heterocycles. The van der Waals surface area contributed by atoms with Crippen LogP contribution in [-0.4, -0.2) is 40.2 Å². The Hall–Kier alpha value is -2.34. The number of ether oxygens (including phenoxy) is 1. The molecule has 0 bridgehead atoms. The number of nitrogens with zero attached hydrogens (tertiary/aromatic N) is 2. The largest absolute Gasteiger partial charge is 0.427 e. The Labute approximate surface area is 181 Å². The Balaban J connectivity index is 1.82. The maximum absolute atomic E-state index is 11.5. The number of aliphatic hydroxyl groups is 1. The fourth-order valence-corrected chi connectivity index (χ4v) is 4.60. The number of esters is 1. The van der Waals surface area contributed by atoms with E-state index in [2.05, 4.69) is 9.47 Å². The molecule has 1 unspecified atom stereocenters. The molecule has 0 saturated carbocycles. The molecule has 0 radical (unpaired) electrons. The molecule has 6 heteroatoms. The minimum absolute atomic E-state index is 0.360. The van der Waals surface area contributed by atoms with Crippen molar-refractivity contribution in [2.75, 3.05) is 19.6 Å². The van der Waals surface area contributed by atoms with E-state index in [0.717, 1.165) is 40.9 Å². The summed E-state index contributed by atoms with van der Waals surface area (Å²) in [5.41, 5.74) is 3.72. The highest BCUT2D eigenvalue weighted by molar-refractivity contribution is 6.30. The van der Waals surface area contributed by atoms with Gasteiger partial charge < -0.3 is 19.3 Å². The highest BCUT2D eigenvalue weighted by Crippen LogP contribution is 2.36. The van der Waals surface area contributed by atoms with Crippen molar-refractivity contribution in [1.82, 2.24) is 9.47 Å². The van der Waals surface area contributed by atoms with E-state index in [1.807, 2.05) is 43.3 Å². The van der Waals surface area contributed by atoms with Gasteiger partial charge in [0.15, 0.2) is 0 Å². The third-order valence-corrected chi connectivity index (χ3v) is 6.04. The molecule has 4 rings (SSSR count). The van der Waals surface area contributed by atoms with E-state index >= 15 is 0 Å². The van der Waals surface area contributed by atoms with Gasteiger partial charge in [0.2, 0.25) is 0 Å². The molecule has 158 valence electrons. The smallest absolute Gasteiger partial charge is 0.308 e. The number of piperidine rings is 1. The first-order chi connectivity index (χ1) is 14.4. The molecule has 1 N–H and O–H groups in total. The average Bonchev–Trinajstić information content (AvgIpc) is 3.00. The highest BCUT2D eigenvalue weighted by atomic mass is 35.5. The molecule has 1 aromatic heterocycles. The van der Waals surface area contributed by atoms with Crippen LogP contribution < -0.4 is 4.74 Å². The molecule has 1 aliphatic rings. The second-order valence-electron chi connectivity index (χ2n) is 7.96. The van der Waals surface area contributed by atoms with Crippen LogP contribution in [0.4, 0.5) is 0 Å². The molecular weight excluding hydrogens is 400 g/mol. The Morgan fingerprint density at radius 3 is 2.50 bits per heavy atom. The fourth-order valence-electron chi connectivity index (χ4n) is 4.47. The Morgan fingerprint density at radius 2 is 1.83 bits per heavy atom. The molecule has 30 heavy (non-hydrogen) atoms. The Bertz CT molecular complexity index is 1050. The second-order valence-corrected chi connectivity index (χ2v) is 8.40. The van der Waals surface area contributed by atoms with Gasteiger partial charge in [-0.3, -0.25) is 4.79 Å². The normalized spacial score (nSPS) is 16.0. The fraction of sp³-hybridized carbons (Fsp3) is 0.375. The first-order valence-electron chi connectivity index (χ1n) is 10.4. The number of likely N-dealkylation sites (tertiary alicyclic amines) is 1. The number of hydrogen-bond donors (Lipinski definition) is 1. The van der Waals surface area contributed by atoms with E-state index < -0.39 is 6.10 Å². The number of aliphatic hydroxyl groups excluding tert-OH is 1. The quantitative estimate of drug-likeness (QED) is 0.459. The maximum Gasteiger partial charge on any atom is 0.308 e. The van der Waals surface area contributed by atoms with Gasteiger partial charge in [-0.15, -0.1) is 0 Å². The van der Waals surface area contributed by atoms with Gasteiger partial charge in [0.1, 0.15) is 5.75 Å². The number of halogens is 1. The van der Waals surface area contributed by atoms with Gasteiger partial charge in [-0.05, 0) is 69.3 Å². The van der Waals surface area contributed by atoms with Gasteiger partial charge in [0, 0.05) is 46.9 Å². The first-order valence-corrected chi connectivity index (χ1v) is 10.8. The number of hydrogen-bond acceptors (Lipinski definition) is 4. The van der Waals surface area contributed by atoms with Crippen molar-refractivity contribution in [1.29, 1.82) is 0 Å². The molecule has 1 fully saturated rings. The van der Waals surface area contributed by atoms with Crippen LogP contribution in [0.2, 0.25) is 5.02 Å². The average molecular weight is 427 g/mol. The van der Waals surface area contributed by atoms with Gasteiger partial charge in [0.05, 0.1) is 11.6 Å². The number of benzene rings is 2. The zero-order valence-electron chi connectivity index (χ0n) is 17.4. The van der Waals surface area contributed by atoms with E-state index in [4.69, 9.17) is 16.3 Å². The van der Waals surface area contributed by atoms with Crippen LogP contribution in [0, 0.1) is 6.92 Å². The van der Waals surface area contributed by atoms with Crippen LogP contribution in [0.3, 0.4) is 0 Å². The zero-order valence-corrected chi connectivity index (χ0v) is 18.2. The van der Waals surface area contributed by atoms with Crippen molar-refractivity contribution < 1.29 is 14.6 Å². The van der Waals surface area contributed by atoms with Crippen molar-refractivity contribution in [3.63, 3.8) is 0 Å². The predicted octanol–water partition coefficient (Wildman–Crippen LogP) is 5.04. The van der Waals surface area contributed by atoms with E-state index in [-0.39, 0.29) is 5.97 Å². The summed E-state index contributed by atoms with van der Waals surface area (Å²) in [5.74, 6) is 0.126. The molecule has 2 aromatic carbocycles. The molecule has 2 heterocycles. The molecular formula is C24H27ClN2O3. The standard InChI is InChI=1S/C24H27ClN2O3/c1-16-24(23(29)15-26-12-4-3-5-13-26)21-11-10-20(30-17(2)28)14-22(21)27(16)19-8-6-18(25)7-9-19/h6-11,14,23,29H,3-5,12-13,15H2,1-2H3. The van der Waals surface area contributed by atoms with Crippen LogP contribution in [0.15, 0.2) is 42.5 Å². The summed E-state index contributed by atoms with van der Waals surface area (Å²) in [7, 11) is 0. The first kappa shape index (κ1) is 20.9. The summed E-state index contributed by atoms with van der Waals surface area (Å²) in [5, 5.41) is 12.8. The molecule has 1 saturated heterocycles. The monoisotopic (exact) mass is 426 g/mol. The van der Waals surface area contributed by atoms with Crippen LogP contribution in [0.5, 0.6) is 5.75 Å². The topological polar surface area (TPSA) is 54.7 Å². The van der Waals surface area contributed by atoms with Crippen LogP contribution in [0.25, 0.3) is 16.6 Å². The SMILES string of the molecule is CC(=O)Oc1ccc2c(C(O)CN3CCCCC3)c(C)n(-c3ccc(Cl)cc3)c2c1. The lowest BCUT2D eigenvalue weighted by Crippen LogP contribution is -2.33. The number of rotatable bonds is 5. The number of aromatic nitrogens is 1. The lowest BCUT2D eigenvalue weighted by atomic mass is 10.0. The summed E-state index contributed by atoms with van der Waals surface area (Å²) in [6, 6.07) is 13.2. The molecule has 0 spiro atoms. The van der Waals surface area contributed by atoms with Gasteiger partial charge >= 0.3 is 5.97 Å². The summed E-state index contributed by atoms with van der Waals surface area (Å²) in [6.45, 7) is 6.09. The van der Waals surface area contributed by atoms with Crippen LogP contribution >= 0.6 is 11.6 Å². The Kier molecular flexibility index (Phi) is 6.14. The number of β-amino-alcohol motifs (C(OH)–C–C–N with tert-alkyl or cyclic N) is 1. The number of carbonyl (C=O) groups excluding carboxylic acids is 1. The predicted molar refractivity (Wildman–Crippen MR) is 120 cm³/mol. The third kappa shape index (κ3) is 4.24. The van der Waals surface area contributed by atoms with E-state index in [9.17, 15) is 9.90 Å². The van der Waals surface area contributed by atoms with Crippen LogP contribution in [-0.2, 0) is 4.79 Å². The highest BCUT2D eigenvalue weighted by Gasteiger charge is 2.24. The summed E-state index contributed by atoms with van der Waals surface area (Å²) >= 11 is 6.09. The van der Waals surface area contributed by atoms with E-state index in [0.29, 0.717) is 17.3 Å². The number of fused-ring (bicyclic) bond motifs is 1. The van der Waals surface area contributed by atoms with Crippen LogP contribution in [0.1, 0.15) is 43.5 Å². The summed E-state index contributed by atoms with van der Waals surface area (Å²) < 4.78 is 7.41. The van der Waals surface area contributed by atoms with E-state index in [1.165, 1.54) is 26.2 Å². The minimum Gasteiger partial charge on any atom is -0.427 e. The lowest BCUT2D eigenvalue weighted by Gasteiger charge is -2.28. The third-order valence-electron chi connectivity index (χ3n) is 5.78.